The van der Waals surface area contributed by atoms with Crippen molar-refractivity contribution in [1.29, 1.82) is 0 Å². The van der Waals surface area contributed by atoms with Gasteiger partial charge in [0.15, 0.2) is 5.13 Å². The molecule has 1 aliphatic rings. The highest BCUT2D eigenvalue weighted by molar-refractivity contribution is 7.22. The van der Waals surface area contributed by atoms with Crippen molar-refractivity contribution in [3.63, 3.8) is 0 Å². The van der Waals surface area contributed by atoms with Gasteiger partial charge in [0.1, 0.15) is 28.5 Å². The van der Waals surface area contributed by atoms with Crippen LogP contribution in [-0.4, -0.2) is 44.2 Å². The summed E-state index contributed by atoms with van der Waals surface area (Å²) in [5.74, 6) is -2.30. The molecular formula is C19H17ClF2N4O2S. The summed E-state index contributed by atoms with van der Waals surface area (Å²) in [6.07, 6.45) is 0. The Morgan fingerprint density at radius 1 is 1.24 bits per heavy atom. The van der Waals surface area contributed by atoms with Gasteiger partial charge in [-0.2, -0.15) is 0 Å². The van der Waals surface area contributed by atoms with E-state index < -0.39 is 23.1 Å². The summed E-state index contributed by atoms with van der Waals surface area (Å²) >= 11 is 7.17. The maximum absolute atomic E-state index is 14.6. The minimum atomic E-state index is -0.919. The van der Waals surface area contributed by atoms with E-state index in [0.717, 1.165) is 24.4 Å². The van der Waals surface area contributed by atoms with Crippen molar-refractivity contribution in [1.82, 2.24) is 10.3 Å². The Kier molecular flexibility index (Phi) is 5.53. The molecule has 1 aromatic heterocycles. The average molecular weight is 439 g/mol. The lowest BCUT2D eigenvalue weighted by molar-refractivity contribution is 0.101. The van der Waals surface area contributed by atoms with E-state index in [2.05, 4.69) is 15.6 Å². The average Bonchev–Trinajstić information content (AvgIpc) is 3.09. The molecule has 29 heavy (non-hydrogen) atoms. The smallest absolute Gasteiger partial charge is 0.263 e. The quantitative estimate of drug-likeness (QED) is 0.646. The first-order valence-electron chi connectivity index (χ1n) is 8.86. The number of ether oxygens (including phenoxy) is 1. The minimum Gasteiger partial charge on any atom is -0.494 e. The number of hydrogen-bond donors (Lipinski definition) is 2. The lowest BCUT2D eigenvalue weighted by atomic mass is 10.1. The van der Waals surface area contributed by atoms with Crippen molar-refractivity contribution < 1.29 is 18.3 Å². The molecule has 0 spiro atoms. The fourth-order valence-corrected chi connectivity index (χ4v) is 4.41. The first-order chi connectivity index (χ1) is 14.0. The summed E-state index contributed by atoms with van der Waals surface area (Å²) < 4.78 is 35.1. The fraction of sp³-hybridized carbons (Fsp3) is 0.263. The number of anilines is 2. The zero-order chi connectivity index (χ0) is 20.5. The molecular weight excluding hydrogens is 422 g/mol. The van der Waals surface area contributed by atoms with Gasteiger partial charge in [-0.15, -0.1) is 0 Å². The van der Waals surface area contributed by atoms with Gasteiger partial charge in [-0.1, -0.05) is 22.9 Å². The molecule has 3 aromatic rings. The number of nitrogens with zero attached hydrogens (tertiary/aromatic N) is 2. The maximum Gasteiger partial charge on any atom is 0.263 e. The summed E-state index contributed by atoms with van der Waals surface area (Å²) in [6, 6.07) is 5.65. The number of halogens is 3. The first-order valence-corrected chi connectivity index (χ1v) is 10.1. The number of benzene rings is 2. The molecule has 6 nitrogen and oxygen atoms in total. The van der Waals surface area contributed by atoms with Crippen LogP contribution in [0.1, 0.15) is 10.4 Å². The molecule has 4 rings (SSSR count). The van der Waals surface area contributed by atoms with Gasteiger partial charge < -0.3 is 15.0 Å². The molecule has 1 amide bonds. The Hall–Kier alpha value is -2.49. The van der Waals surface area contributed by atoms with Gasteiger partial charge in [0.2, 0.25) is 0 Å². The Bertz CT molecular complexity index is 1060. The van der Waals surface area contributed by atoms with Crippen molar-refractivity contribution >= 4 is 49.9 Å². The zero-order valence-corrected chi connectivity index (χ0v) is 17.0. The highest BCUT2D eigenvalue weighted by atomic mass is 35.5. The molecule has 2 heterocycles. The standard InChI is InChI=1S/C19H17ClF2N4O2S/c1-28-14-6-10(20)7-15-17(14)24-19(29-15)25-18(27)16-12(21)8-11(9-13(16)22)26-4-2-23-3-5-26/h6-9,23H,2-5H2,1H3,(H,24,25,27). The third-order valence-electron chi connectivity index (χ3n) is 4.60. The van der Waals surface area contributed by atoms with E-state index in [1.54, 1.807) is 12.1 Å². The Morgan fingerprint density at radius 3 is 2.59 bits per heavy atom. The molecule has 2 N–H and O–H groups in total. The van der Waals surface area contributed by atoms with E-state index in [4.69, 9.17) is 16.3 Å². The highest BCUT2D eigenvalue weighted by Crippen LogP contribution is 2.35. The van der Waals surface area contributed by atoms with Gasteiger partial charge in [-0.3, -0.25) is 10.1 Å². The van der Waals surface area contributed by atoms with Gasteiger partial charge in [-0.05, 0) is 18.2 Å². The van der Waals surface area contributed by atoms with Crippen molar-refractivity contribution in [2.75, 3.05) is 43.5 Å². The molecule has 10 heteroatoms. The molecule has 0 aliphatic carbocycles. The van der Waals surface area contributed by atoms with E-state index in [1.807, 2.05) is 4.90 Å². The summed E-state index contributed by atoms with van der Waals surface area (Å²) in [6.45, 7) is 2.74. The van der Waals surface area contributed by atoms with Crippen molar-refractivity contribution in [2.45, 2.75) is 0 Å². The first kappa shape index (κ1) is 19.8. The number of nitrogens with one attached hydrogen (secondary N) is 2. The van der Waals surface area contributed by atoms with Gasteiger partial charge in [0.05, 0.1) is 11.8 Å². The molecule has 1 aliphatic heterocycles. The number of carbonyl (C=O) groups is 1. The van der Waals surface area contributed by atoms with E-state index in [1.165, 1.54) is 19.2 Å². The number of methoxy groups -OCH3 is 1. The normalized spacial score (nSPS) is 14.3. The Labute approximate surface area is 174 Å². The number of amides is 1. The third-order valence-corrected chi connectivity index (χ3v) is 5.74. The van der Waals surface area contributed by atoms with Crippen LogP contribution < -0.4 is 20.3 Å². The monoisotopic (exact) mass is 438 g/mol. The van der Waals surface area contributed by atoms with Crippen molar-refractivity contribution in [2.24, 2.45) is 0 Å². The number of aromatic nitrogens is 1. The van der Waals surface area contributed by atoms with Crippen LogP contribution in [0, 0.1) is 11.6 Å². The molecule has 2 aromatic carbocycles. The Balaban J connectivity index is 1.60. The second kappa shape index (κ2) is 8.10. The predicted molar refractivity (Wildman–Crippen MR) is 111 cm³/mol. The van der Waals surface area contributed by atoms with Gasteiger partial charge in [0, 0.05) is 43.0 Å². The van der Waals surface area contributed by atoms with E-state index >= 15 is 0 Å². The maximum atomic E-state index is 14.6. The van der Waals surface area contributed by atoms with Gasteiger partial charge in [0.25, 0.3) is 5.91 Å². The van der Waals surface area contributed by atoms with E-state index in [0.29, 0.717) is 39.8 Å². The summed E-state index contributed by atoms with van der Waals surface area (Å²) in [7, 11) is 1.48. The fourth-order valence-electron chi connectivity index (χ4n) is 3.22. The van der Waals surface area contributed by atoms with Crippen LogP contribution >= 0.6 is 22.9 Å². The molecule has 1 fully saturated rings. The van der Waals surface area contributed by atoms with Crippen LogP contribution in [0.25, 0.3) is 10.2 Å². The largest absolute Gasteiger partial charge is 0.494 e. The van der Waals surface area contributed by atoms with Gasteiger partial charge in [-0.25, -0.2) is 13.8 Å². The van der Waals surface area contributed by atoms with E-state index in [-0.39, 0.29) is 5.13 Å². The number of carbonyl (C=O) groups excluding carboxylic acids is 1. The highest BCUT2D eigenvalue weighted by Gasteiger charge is 2.23. The summed E-state index contributed by atoms with van der Waals surface area (Å²) in [4.78, 5) is 18.7. The van der Waals surface area contributed by atoms with Crippen LogP contribution in [0.15, 0.2) is 24.3 Å². The summed E-state index contributed by atoms with van der Waals surface area (Å²) in [5, 5.41) is 6.29. The van der Waals surface area contributed by atoms with Crippen molar-refractivity contribution in [3.05, 3.63) is 46.5 Å². The minimum absolute atomic E-state index is 0.190. The number of fused-ring (bicyclic) bond motifs is 1. The van der Waals surface area contributed by atoms with Crippen LogP contribution in [0.2, 0.25) is 5.02 Å². The second-order valence-corrected chi connectivity index (χ2v) is 7.92. The lowest BCUT2D eigenvalue weighted by Gasteiger charge is -2.29. The molecule has 0 saturated carbocycles. The molecule has 152 valence electrons. The topological polar surface area (TPSA) is 66.5 Å². The van der Waals surface area contributed by atoms with Crippen LogP contribution in [0.4, 0.5) is 19.6 Å². The van der Waals surface area contributed by atoms with Crippen LogP contribution in [-0.2, 0) is 0 Å². The van der Waals surface area contributed by atoms with Gasteiger partial charge >= 0.3 is 0 Å². The number of piperazine rings is 1. The Morgan fingerprint density at radius 2 is 1.93 bits per heavy atom. The SMILES string of the molecule is COc1cc(Cl)cc2sc(NC(=O)c3c(F)cc(N4CCNCC4)cc3F)nc12. The van der Waals surface area contributed by atoms with Crippen molar-refractivity contribution in [3.8, 4) is 5.75 Å². The molecule has 0 bridgehead atoms. The van der Waals surface area contributed by atoms with Crippen LogP contribution in [0.5, 0.6) is 5.75 Å². The molecule has 0 radical (unpaired) electrons. The van der Waals surface area contributed by atoms with Crippen LogP contribution in [0.3, 0.4) is 0 Å². The zero-order valence-electron chi connectivity index (χ0n) is 15.4. The number of rotatable bonds is 4. The predicted octanol–water partition coefficient (Wildman–Crippen LogP) is 3.90. The molecule has 1 saturated heterocycles. The lowest BCUT2D eigenvalue weighted by Crippen LogP contribution is -2.43. The third kappa shape index (κ3) is 3.98. The molecule has 0 atom stereocenters. The summed E-state index contributed by atoms with van der Waals surface area (Å²) in [5.41, 5.74) is 0.276. The van der Waals surface area contributed by atoms with E-state index in [9.17, 15) is 13.6 Å². The molecule has 0 unspecified atom stereocenters. The second-order valence-electron chi connectivity index (χ2n) is 6.45. The number of thiazole rings is 1. The number of hydrogen-bond acceptors (Lipinski definition) is 6.